The second kappa shape index (κ2) is 7.06. The van der Waals surface area contributed by atoms with Crippen molar-refractivity contribution in [2.45, 2.75) is 13.5 Å². The van der Waals surface area contributed by atoms with Crippen molar-refractivity contribution in [3.8, 4) is 11.4 Å². The van der Waals surface area contributed by atoms with Gasteiger partial charge in [-0.2, -0.15) is 4.98 Å². The second-order valence-corrected chi connectivity index (χ2v) is 7.12. The van der Waals surface area contributed by atoms with E-state index in [0.717, 1.165) is 10.3 Å². The average molecular weight is 432 g/mol. The van der Waals surface area contributed by atoms with E-state index in [-0.39, 0.29) is 11.2 Å². The lowest BCUT2D eigenvalue weighted by Crippen LogP contribution is -2.41. The third kappa shape index (κ3) is 2.79. The van der Waals surface area contributed by atoms with Crippen LogP contribution >= 0.6 is 11.6 Å². The monoisotopic (exact) mass is 431 g/mol. The number of esters is 1. The van der Waals surface area contributed by atoms with Crippen LogP contribution in [0.2, 0.25) is 5.02 Å². The standard InChI is InChI=1S/C19H18ClN5O5/c1-10-8-23-15-16(22(2)19(28)24(17(15)27)9-14(26)30-4)21-18(23)25(10)12-7-11(20)5-6-13(12)29-3/h5-8H,9H2,1-4H3. The molecule has 0 aliphatic heterocycles. The van der Waals surface area contributed by atoms with Gasteiger partial charge < -0.3 is 9.47 Å². The fourth-order valence-electron chi connectivity index (χ4n) is 3.48. The third-order valence-electron chi connectivity index (χ3n) is 4.92. The maximum atomic E-state index is 13.1. The topological polar surface area (TPSA) is 102 Å². The first-order valence-electron chi connectivity index (χ1n) is 8.89. The van der Waals surface area contributed by atoms with Gasteiger partial charge in [-0.25, -0.2) is 9.36 Å². The summed E-state index contributed by atoms with van der Waals surface area (Å²) < 4.78 is 15.5. The second-order valence-electron chi connectivity index (χ2n) is 6.69. The molecular weight excluding hydrogens is 414 g/mol. The Morgan fingerprint density at radius 1 is 1.23 bits per heavy atom. The number of aryl methyl sites for hydroxylation is 2. The van der Waals surface area contributed by atoms with Crippen LogP contribution in [-0.2, 0) is 23.1 Å². The first-order chi connectivity index (χ1) is 14.3. The van der Waals surface area contributed by atoms with Crippen LogP contribution in [0.3, 0.4) is 0 Å². The Morgan fingerprint density at radius 2 is 1.97 bits per heavy atom. The number of fused-ring (bicyclic) bond motifs is 3. The molecule has 0 atom stereocenters. The molecule has 1 aromatic carbocycles. The maximum Gasteiger partial charge on any atom is 0.333 e. The summed E-state index contributed by atoms with van der Waals surface area (Å²) in [5, 5.41) is 0.501. The number of halogens is 1. The predicted octanol–water partition coefficient (Wildman–Crippen LogP) is 1.28. The zero-order valence-electron chi connectivity index (χ0n) is 16.7. The minimum Gasteiger partial charge on any atom is -0.495 e. The van der Waals surface area contributed by atoms with Gasteiger partial charge in [-0.15, -0.1) is 0 Å². The van der Waals surface area contributed by atoms with E-state index in [0.29, 0.717) is 22.2 Å². The Balaban J connectivity index is 2.11. The first-order valence-corrected chi connectivity index (χ1v) is 9.27. The molecule has 0 bridgehead atoms. The number of aromatic nitrogens is 5. The van der Waals surface area contributed by atoms with Crippen LogP contribution in [0.25, 0.3) is 22.6 Å². The van der Waals surface area contributed by atoms with Crippen LogP contribution in [0.15, 0.2) is 34.0 Å². The SMILES string of the molecule is COC(=O)Cn1c(=O)c2c(nc3n(-c4cc(Cl)ccc4OC)c(C)cn23)n(C)c1=O. The Bertz CT molecular complexity index is 1440. The fraction of sp³-hybridized carbons (Fsp3) is 0.263. The largest absolute Gasteiger partial charge is 0.495 e. The van der Waals surface area contributed by atoms with Crippen molar-refractivity contribution in [1.29, 1.82) is 0 Å². The van der Waals surface area contributed by atoms with Crippen molar-refractivity contribution >= 4 is 34.5 Å². The van der Waals surface area contributed by atoms with Crippen molar-refractivity contribution in [3.05, 3.63) is 56.0 Å². The zero-order chi connectivity index (χ0) is 21.7. The van der Waals surface area contributed by atoms with E-state index in [1.165, 1.54) is 18.7 Å². The Hall–Kier alpha value is -3.53. The summed E-state index contributed by atoms with van der Waals surface area (Å²) in [6.07, 6.45) is 1.72. The van der Waals surface area contributed by atoms with Gasteiger partial charge in [0.15, 0.2) is 11.2 Å². The van der Waals surface area contributed by atoms with Crippen LogP contribution in [0.5, 0.6) is 5.75 Å². The van der Waals surface area contributed by atoms with E-state index < -0.39 is 23.8 Å². The smallest absolute Gasteiger partial charge is 0.333 e. The Morgan fingerprint density at radius 3 is 2.63 bits per heavy atom. The van der Waals surface area contributed by atoms with Gasteiger partial charge >= 0.3 is 11.7 Å². The van der Waals surface area contributed by atoms with Crippen molar-refractivity contribution in [1.82, 2.24) is 23.1 Å². The van der Waals surface area contributed by atoms with E-state index in [9.17, 15) is 14.4 Å². The highest BCUT2D eigenvalue weighted by atomic mass is 35.5. The van der Waals surface area contributed by atoms with Gasteiger partial charge in [0, 0.05) is 24.0 Å². The molecule has 156 valence electrons. The molecule has 11 heteroatoms. The van der Waals surface area contributed by atoms with E-state index in [4.69, 9.17) is 16.3 Å². The lowest BCUT2D eigenvalue weighted by Gasteiger charge is -2.11. The lowest BCUT2D eigenvalue weighted by molar-refractivity contribution is -0.141. The summed E-state index contributed by atoms with van der Waals surface area (Å²) in [6.45, 7) is 1.35. The summed E-state index contributed by atoms with van der Waals surface area (Å²) in [6, 6.07) is 5.16. The Kier molecular flexibility index (Phi) is 4.65. The molecule has 0 N–H and O–H groups in total. The van der Waals surface area contributed by atoms with Crippen LogP contribution < -0.4 is 16.0 Å². The molecule has 0 saturated heterocycles. The Labute approximate surface area is 174 Å². The molecule has 10 nitrogen and oxygen atoms in total. The van der Waals surface area contributed by atoms with Gasteiger partial charge in [-0.05, 0) is 25.1 Å². The highest BCUT2D eigenvalue weighted by Gasteiger charge is 2.23. The number of benzene rings is 1. The number of methoxy groups -OCH3 is 2. The molecule has 4 aromatic rings. The van der Waals surface area contributed by atoms with Crippen LogP contribution in [0.1, 0.15) is 5.69 Å². The minimum atomic E-state index is -0.702. The molecule has 0 aliphatic rings. The van der Waals surface area contributed by atoms with Crippen molar-refractivity contribution in [3.63, 3.8) is 0 Å². The molecule has 30 heavy (non-hydrogen) atoms. The lowest BCUT2D eigenvalue weighted by atomic mass is 10.3. The molecule has 0 fully saturated rings. The van der Waals surface area contributed by atoms with Gasteiger partial charge in [0.2, 0.25) is 5.78 Å². The highest BCUT2D eigenvalue weighted by Crippen LogP contribution is 2.30. The zero-order valence-corrected chi connectivity index (χ0v) is 17.4. The van der Waals surface area contributed by atoms with E-state index in [1.807, 2.05) is 6.92 Å². The summed E-state index contributed by atoms with van der Waals surface area (Å²) in [7, 11) is 4.22. The van der Waals surface area contributed by atoms with E-state index >= 15 is 0 Å². The predicted molar refractivity (Wildman–Crippen MR) is 110 cm³/mol. The number of hydrogen-bond donors (Lipinski definition) is 0. The van der Waals surface area contributed by atoms with Crippen molar-refractivity contribution < 1.29 is 14.3 Å². The molecule has 0 radical (unpaired) electrons. The fourth-order valence-corrected chi connectivity index (χ4v) is 3.65. The van der Waals surface area contributed by atoms with Crippen molar-refractivity contribution in [2.75, 3.05) is 14.2 Å². The van der Waals surface area contributed by atoms with E-state index in [2.05, 4.69) is 9.72 Å². The number of hydrogen-bond acceptors (Lipinski definition) is 6. The number of ether oxygens (including phenoxy) is 2. The normalized spacial score (nSPS) is 11.4. The van der Waals surface area contributed by atoms with Crippen molar-refractivity contribution in [2.24, 2.45) is 7.05 Å². The molecule has 0 aliphatic carbocycles. The highest BCUT2D eigenvalue weighted by molar-refractivity contribution is 6.30. The summed E-state index contributed by atoms with van der Waals surface area (Å²) >= 11 is 6.19. The summed E-state index contributed by atoms with van der Waals surface area (Å²) in [5.41, 5.74) is 0.443. The molecule has 0 unspecified atom stereocenters. The maximum absolute atomic E-state index is 13.1. The van der Waals surface area contributed by atoms with Crippen LogP contribution in [0, 0.1) is 6.92 Å². The number of carbonyl (C=O) groups is 1. The van der Waals surface area contributed by atoms with E-state index in [1.54, 1.807) is 40.5 Å². The molecule has 3 heterocycles. The third-order valence-corrected chi connectivity index (χ3v) is 5.16. The number of imidazole rings is 2. The van der Waals surface area contributed by atoms with Crippen LogP contribution in [-0.4, -0.2) is 43.3 Å². The number of nitrogens with zero attached hydrogens (tertiary/aromatic N) is 5. The molecule has 0 spiro atoms. The van der Waals surface area contributed by atoms with Gasteiger partial charge in [0.05, 0.1) is 19.9 Å². The minimum absolute atomic E-state index is 0.166. The van der Waals surface area contributed by atoms with Gasteiger partial charge in [-0.1, -0.05) is 11.6 Å². The molecule has 0 amide bonds. The van der Waals surface area contributed by atoms with Crippen LogP contribution in [0.4, 0.5) is 0 Å². The summed E-state index contributed by atoms with van der Waals surface area (Å²) in [4.78, 5) is 42.0. The molecule has 4 rings (SSSR count). The van der Waals surface area contributed by atoms with Gasteiger partial charge in [0.25, 0.3) is 5.56 Å². The van der Waals surface area contributed by atoms with Gasteiger partial charge in [-0.3, -0.25) is 23.1 Å². The molecule has 0 saturated carbocycles. The first kappa shape index (κ1) is 19.8. The number of rotatable bonds is 4. The quantitative estimate of drug-likeness (QED) is 0.451. The molecular formula is C19H18ClN5O5. The molecule has 3 aromatic heterocycles. The van der Waals surface area contributed by atoms with Gasteiger partial charge in [0.1, 0.15) is 12.3 Å². The summed E-state index contributed by atoms with van der Waals surface area (Å²) in [5.74, 6) is 0.252. The average Bonchev–Trinajstić information content (AvgIpc) is 3.23. The number of carbonyl (C=O) groups excluding carboxylic acids is 1.